The van der Waals surface area contributed by atoms with Crippen LogP contribution in [0, 0.1) is 56.2 Å². The van der Waals surface area contributed by atoms with Crippen LogP contribution in [0.5, 0.6) is 0 Å². The molecule has 2 amide bonds. The Morgan fingerprint density at radius 1 is 1.00 bits per heavy atom. The number of hydrogen-bond acceptors (Lipinski definition) is 4. The van der Waals surface area contributed by atoms with E-state index in [4.69, 9.17) is 0 Å². The van der Waals surface area contributed by atoms with Gasteiger partial charge in [0.25, 0.3) is 0 Å². The van der Waals surface area contributed by atoms with E-state index in [1.165, 1.54) is 0 Å². The highest BCUT2D eigenvalue weighted by Crippen LogP contribution is 2.73. The predicted octanol–water partition coefficient (Wildman–Crippen LogP) is 6.23. The predicted molar refractivity (Wildman–Crippen MR) is 151 cm³/mol. The zero-order chi connectivity index (χ0) is 29.0. The molecule has 0 aromatic heterocycles. The van der Waals surface area contributed by atoms with Crippen molar-refractivity contribution >= 4 is 17.6 Å². The molecule has 0 radical (unpaired) electrons. The maximum Gasteiger partial charge on any atom is 0.317 e. The first kappa shape index (κ1) is 28.1. The van der Waals surface area contributed by atoms with Crippen molar-refractivity contribution in [3.05, 3.63) is 23.3 Å². The van der Waals surface area contributed by atoms with Gasteiger partial charge >= 0.3 is 6.03 Å². The topological polar surface area (TPSA) is 90.3 Å². The van der Waals surface area contributed by atoms with E-state index in [0.29, 0.717) is 0 Å². The Morgan fingerprint density at radius 3 is 2.26 bits per heavy atom. The van der Waals surface area contributed by atoms with E-state index < -0.39 is 10.8 Å². The van der Waals surface area contributed by atoms with Gasteiger partial charge in [0, 0.05) is 36.4 Å². The second kappa shape index (κ2) is 8.30. The average molecular weight is 534 g/mol. The van der Waals surface area contributed by atoms with Gasteiger partial charge in [-0.15, -0.1) is 0 Å². The molecule has 6 nitrogen and oxygen atoms in total. The molecule has 0 aromatic carbocycles. The normalized spacial score (nSPS) is 43.8. The van der Waals surface area contributed by atoms with Crippen molar-refractivity contribution in [2.45, 2.75) is 99.0 Å². The number of Topliss-reactive ketones (excluding diaryl/α,β-unsaturated/α-hetero) is 1. The number of urea groups is 1. The van der Waals surface area contributed by atoms with Gasteiger partial charge in [0.1, 0.15) is 6.07 Å². The fraction of sp³-hybridized carbons (Fsp3) is 0.758. The van der Waals surface area contributed by atoms with E-state index >= 15 is 0 Å². The molecule has 0 saturated heterocycles. The van der Waals surface area contributed by atoms with E-state index in [0.717, 1.165) is 50.5 Å². The molecule has 7 atom stereocenters. The Balaban J connectivity index is 1.67. The highest BCUT2D eigenvalue weighted by atomic mass is 16.2. The SMILES string of the molecule is CN(C)C(=O)N[C@@]12CCC(C)(C)C[C@@H]1[C@H]1C(=O)C=C3[C@]4(C)C=C(C#N)C(=O)C(C)(C)[C@@H]4CC[C@]3(C)[C@]1(C)CC2. The summed E-state index contributed by atoms with van der Waals surface area (Å²) in [4.78, 5) is 42.4. The number of allylic oxidation sites excluding steroid dienone is 4. The molecule has 0 unspecified atom stereocenters. The molecule has 1 N–H and O–H groups in total. The summed E-state index contributed by atoms with van der Waals surface area (Å²) in [5.41, 5.74) is -0.658. The number of nitriles is 1. The third kappa shape index (κ3) is 3.60. The summed E-state index contributed by atoms with van der Waals surface area (Å²) >= 11 is 0. The fourth-order valence-corrected chi connectivity index (χ4v) is 10.2. The molecule has 6 heteroatoms. The van der Waals surface area contributed by atoms with Crippen molar-refractivity contribution < 1.29 is 14.4 Å². The van der Waals surface area contributed by atoms with Crippen molar-refractivity contribution in [1.29, 1.82) is 5.26 Å². The molecule has 0 aliphatic heterocycles. The Morgan fingerprint density at radius 2 is 1.64 bits per heavy atom. The average Bonchev–Trinajstić information content (AvgIpc) is 2.83. The van der Waals surface area contributed by atoms with Gasteiger partial charge in [0.05, 0.1) is 5.57 Å². The Bertz CT molecular complexity index is 1250. The first-order chi connectivity index (χ1) is 17.9. The number of amides is 2. The number of carbonyl (C=O) groups excluding carboxylic acids is 3. The lowest BCUT2D eigenvalue weighted by atomic mass is 9.35. The molecule has 39 heavy (non-hydrogen) atoms. The van der Waals surface area contributed by atoms with Crippen molar-refractivity contribution in [1.82, 2.24) is 10.2 Å². The lowest BCUT2D eigenvalue weighted by Gasteiger charge is -2.69. The van der Waals surface area contributed by atoms with Gasteiger partial charge in [0.15, 0.2) is 11.6 Å². The van der Waals surface area contributed by atoms with Crippen LogP contribution in [0.15, 0.2) is 23.3 Å². The van der Waals surface area contributed by atoms with Crippen LogP contribution < -0.4 is 5.32 Å². The first-order valence-corrected chi connectivity index (χ1v) is 14.8. The van der Waals surface area contributed by atoms with Gasteiger partial charge in [0.2, 0.25) is 0 Å². The molecule has 5 rings (SSSR count). The van der Waals surface area contributed by atoms with Crippen LogP contribution in [0.2, 0.25) is 0 Å². The number of ketones is 2. The Kier molecular flexibility index (Phi) is 5.99. The van der Waals surface area contributed by atoms with Crippen LogP contribution in [0.4, 0.5) is 4.79 Å². The maximum atomic E-state index is 14.5. The molecule has 3 fully saturated rings. The molecule has 212 valence electrons. The van der Waals surface area contributed by atoms with Crippen molar-refractivity contribution in [3.63, 3.8) is 0 Å². The smallest absolute Gasteiger partial charge is 0.317 e. The lowest BCUT2D eigenvalue weighted by Crippen LogP contribution is -2.70. The minimum absolute atomic E-state index is 0.0394. The number of nitrogens with zero attached hydrogens (tertiary/aromatic N) is 2. The van der Waals surface area contributed by atoms with Gasteiger partial charge in [-0.1, -0.05) is 60.1 Å². The van der Waals surface area contributed by atoms with Crippen molar-refractivity contribution in [2.24, 2.45) is 44.8 Å². The second-order valence-corrected chi connectivity index (χ2v) is 15.7. The summed E-state index contributed by atoms with van der Waals surface area (Å²) in [7, 11) is 3.56. The molecule has 0 aromatic rings. The molecule has 5 aliphatic carbocycles. The third-order valence-electron chi connectivity index (χ3n) is 12.6. The van der Waals surface area contributed by atoms with Crippen LogP contribution >= 0.6 is 0 Å². The van der Waals surface area contributed by atoms with Gasteiger partial charge < -0.3 is 10.2 Å². The maximum absolute atomic E-state index is 14.5. The first-order valence-electron chi connectivity index (χ1n) is 14.8. The van der Waals surface area contributed by atoms with Gasteiger partial charge in [-0.2, -0.15) is 5.26 Å². The molecule has 0 spiro atoms. The van der Waals surface area contributed by atoms with Crippen LogP contribution in [-0.4, -0.2) is 42.1 Å². The number of fused-ring (bicyclic) bond motifs is 7. The number of rotatable bonds is 1. The van der Waals surface area contributed by atoms with E-state index in [2.05, 4.69) is 46.0 Å². The zero-order valence-corrected chi connectivity index (χ0v) is 25.5. The molecule has 5 aliphatic rings. The summed E-state index contributed by atoms with van der Waals surface area (Å²) in [6.45, 7) is 15.4. The standard InChI is InChI=1S/C33H47N3O3/c1-28(2)12-14-33(35-27(39)36(8)9)15-13-32(7)25(21(33)18-28)22(37)16-24-30(5)17-20(19-34)26(38)29(3,4)23(30)10-11-31(24,32)6/h16-17,21,23,25H,10-15,18H2,1-9H3,(H,35,39)/t21-,23+,25+,30-,31+,32-,33-/m1/s1. The summed E-state index contributed by atoms with van der Waals surface area (Å²) in [5.74, 6) is 0.00860. The summed E-state index contributed by atoms with van der Waals surface area (Å²) < 4.78 is 0. The molecular formula is C33H47N3O3. The molecule has 0 heterocycles. The minimum atomic E-state index is -0.664. The van der Waals surface area contributed by atoms with Crippen LogP contribution in [-0.2, 0) is 9.59 Å². The van der Waals surface area contributed by atoms with Crippen LogP contribution in [0.3, 0.4) is 0 Å². The fourth-order valence-electron chi connectivity index (χ4n) is 10.2. The van der Waals surface area contributed by atoms with Gasteiger partial charge in [-0.25, -0.2) is 4.79 Å². The van der Waals surface area contributed by atoms with E-state index in [9.17, 15) is 19.6 Å². The largest absolute Gasteiger partial charge is 0.332 e. The van der Waals surface area contributed by atoms with E-state index in [1.807, 2.05) is 26.0 Å². The van der Waals surface area contributed by atoms with Crippen molar-refractivity contribution in [2.75, 3.05) is 14.1 Å². The summed E-state index contributed by atoms with van der Waals surface area (Å²) in [6.07, 6.45) is 10.2. The number of nitrogens with one attached hydrogen (secondary N) is 1. The summed E-state index contributed by atoms with van der Waals surface area (Å²) in [6, 6.07) is 2.11. The van der Waals surface area contributed by atoms with E-state index in [-0.39, 0.29) is 62.7 Å². The number of carbonyl (C=O) groups is 3. The number of hydrogen-bond donors (Lipinski definition) is 1. The zero-order valence-electron chi connectivity index (χ0n) is 25.5. The van der Waals surface area contributed by atoms with Crippen LogP contribution in [0.1, 0.15) is 93.4 Å². The van der Waals surface area contributed by atoms with Crippen molar-refractivity contribution in [3.8, 4) is 6.07 Å². The monoisotopic (exact) mass is 533 g/mol. The Hall–Kier alpha value is -2.42. The highest BCUT2D eigenvalue weighted by Gasteiger charge is 2.70. The third-order valence-corrected chi connectivity index (χ3v) is 12.6. The molecule has 0 bridgehead atoms. The lowest BCUT2D eigenvalue weighted by molar-refractivity contribution is -0.160. The second-order valence-electron chi connectivity index (χ2n) is 15.7. The molecular weight excluding hydrogens is 486 g/mol. The minimum Gasteiger partial charge on any atom is -0.332 e. The van der Waals surface area contributed by atoms with Gasteiger partial charge in [-0.05, 0) is 79.1 Å². The van der Waals surface area contributed by atoms with E-state index in [1.54, 1.807) is 19.0 Å². The molecule has 3 saturated carbocycles. The Labute approximate surface area is 234 Å². The van der Waals surface area contributed by atoms with Gasteiger partial charge in [-0.3, -0.25) is 9.59 Å². The highest BCUT2D eigenvalue weighted by molar-refractivity contribution is 6.04. The summed E-state index contributed by atoms with van der Waals surface area (Å²) in [5, 5.41) is 13.3. The van der Waals surface area contributed by atoms with Crippen LogP contribution in [0.25, 0.3) is 0 Å². The quantitative estimate of drug-likeness (QED) is 0.433.